The molecule has 1 aromatic carbocycles. The summed E-state index contributed by atoms with van der Waals surface area (Å²) in [6.45, 7) is 10.8. The number of nitrogens with one attached hydrogen (secondary N) is 1. The lowest BCUT2D eigenvalue weighted by molar-refractivity contribution is 0.413. The summed E-state index contributed by atoms with van der Waals surface area (Å²) in [5, 5.41) is 3.48. The van der Waals surface area contributed by atoms with Crippen molar-refractivity contribution in [3.05, 3.63) is 23.8 Å². The Morgan fingerprint density at radius 3 is 2.33 bits per heavy atom. The van der Waals surface area contributed by atoms with Gasteiger partial charge in [0.05, 0.1) is 12.8 Å². The third kappa shape index (κ3) is 5.96. The lowest BCUT2D eigenvalue weighted by atomic mass is 10.1. The lowest BCUT2D eigenvalue weighted by Gasteiger charge is -2.26. The van der Waals surface area contributed by atoms with Crippen LogP contribution in [0.4, 0.5) is 5.69 Å². The molecule has 1 aromatic rings. The molecule has 0 heterocycles. The lowest BCUT2D eigenvalue weighted by Crippen LogP contribution is -2.25. The number of anilines is 1. The van der Waals surface area contributed by atoms with Gasteiger partial charge in [-0.15, -0.1) is 0 Å². The maximum Gasteiger partial charge on any atom is 0.142 e. The van der Waals surface area contributed by atoms with E-state index in [1.165, 1.54) is 24.1 Å². The number of hydrogen-bond acceptors (Lipinski definition) is 3. The van der Waals surface area contributed by atoms with Gasteiger partial charge in [-0.3, -0.25) is 0 Å². The molecule has 0 atom stereocenters. The highest BCUT2D eigenvalue weighted by Gasteiger charge is 2.11. The van der Waals surface area contributed by atoms with E-state index >= 15 is 0 Å². The topological polar surface area (TPSA) is 24.5 Å². The SMILES string of the molecule is CCCCNCc1ccc(N(CCC)CCC)c(OC)c1. The Balaban J connectivity index is 2.76. The first-order chi connectivity index (χ1) is 10.3. The van der Waals surface area contributed by atoms with Crippen molar-refractivity contribution >= 4 is 5.69 Å². The van der Waals surface area contributed by atoms with E-state index < -0.39 is 0 Å². The molecule has 120 valence electrons. The maximum atomic E-state index is 5.62. The molecule has 0 amide bonds. The van der Waals surface area contributed by atoms with Crippen LogP contribution in [0.1, 0.15) is 52.0 Å². The smallest absolute Gasteiger partial charge is 0.142 e. The summed E-state index contributed by atoms with van der Waals surface area (Å²) in [5.41, 5.74) is 2.51. The number of nitrogens with zero attached hydrogens (tertiary/aromatic N) is 1. The summed E-state index contributed by atoms with van der Waals surface area (Å²) in [7, 11) is 1.77. The van der Waals surface area contributed by atoms with Gasteiger partial charge in [0.25, 0.3) is 0 Å². The zero-order valence-corrected chi connectivity index (χ0v) is 14.2. The number of ether oxygens (including phenoxy) is 1. The highest BCUT2D eigenvalue weighted by molar-refractivity contribution is 5.59. The Hall–Kier alpha value is -1.22. The van der Waals surface area contributed by atoms with Crippen molar-refractivity contribution in [1.29, 1.82) is 0 Å². The third-order valence-corrected chi connectivity index (χ3v) is 3.61. The van der Waals surface area contributed by atoms with Crippen LogP contribution in [0.5, 0.6) is 5.75 Å². The van der Waals surface area contributed by atoms with E-state index in [1.807, 2.05) is 0 Å². The summed E-state index contributed by atoms with van der Waals surface area (Å²) in [4.78, 5) is 2.42. The summed E-state index contributed by atoms with van der Waals surface area (Å²) >= 11 is 0. The van der Waals surface area contributed by atoms with Crippen molar-refractivity contribution in [2.45, 2.75) is 53.0 Å². The molecule has 0 aromatic heterocycles. The van der Waals surface area contributed by atoms with Gasteiger partial charge in [0.1, 0.15) is 5.75 Å². The number of methoxy groups -OCH3 is 1. The number of hydrogen-bond donors (Lipinski definition) is 1. The molecule has 1 N–H and O–H groups in total. The van der Waals surface area contributed by atoms with Crippen molar-refractivity contribution in [3.63, 3.8) is 0 Å². The van der Waals surface area contributed by atoms with E-state index in [-0.39, 0.29) is 0 Å². The second-order valence-electron chi connectivity index (χ2n) is 5.52. The molecule has 3 heteroatoms. The van der Waals surface area contributed by atoms with E-state index in [0.717, 1.165) is 44.8 Å². The van der Waals surface area contributed by atoms with Gasteiger partial charge in [-0.05, 0) is 43.5 Å². The fraction of sp³-hybridized carbons (Fsp3) is 0.667. The summed E-state index contributed by atoms with van der Waals surface area (Å²) in [6, 6.07) is 6.60. The molecule has 3 nitrogen and oxygen atoms in total. The highest BCUT2D eigenvalue weighted by atomic mass is 16.5. The van der Waals surface area contributed by atoms with Gasteiger partial charge in [-0.2, -0.15) is 0 Å². The first kappa shape index (κ1) is 17.8. The molecular formula is C18H32N2O. The largest absolute Gasteiger partial charge is 0.495 e. The zero-order valence-electron chi connectivity index (χ0n) is 14.2. The average molecular weight is 292 g/mol. The van der Waals surface area contributed by atoms with Crippen molar-refractivity contribution in [3.8, 4) is 5.75 Å². The first-order valence-electron chi connectivity index (χ1n) is 8.39. The third-order valence-electron chi connectivity index (χ3n) is 3.61. The molecule has 0 unspecified atom stereocenters. The quantitative estimate of drug-likeness (QED) is 0.618. The molecule has 0 saturated carbocycles. The number of rotatable bonds is 11. The van der Waals surface area contributed by atoms with Crippen molar-refractivity contribution in [2.24, 2.45) is 0 Å². The van der Waals surface area contributed by atoms with E-state index in [1.54, 1.807) is 7.11 Å². The van der Waals surface area contributed by atoms with E-state index in [2.05, 4.69) is 49.2 Å². The van der Waals surface area contributed by atoms with Gasteiger partial charge in [-0.1, -0.05) is 33.3 Å². The number of benzene rings is 1. The standard InChI is InChI=1S/C18H32N2O/c1-5-8-11-19-15-16-9-10-17(18(14-16)21-4)20(12-6-2)13-7-3/h9-10,14,19H,5-8,11-13,15H2,1-4H3. The van der Waals surface area contributed by atoms with Crippen molar-refractivity contribution in [2.75, 3.05) is 31.6 Å². The fourth-order valence-corrected chi connectivity index (χ4v) is 2.52. The minimum atomic E-state index is 0.915. The van der Waals surface area contributed by atoms with Gasteiger partial charge in [-0.25, -0.2) is 0 Å². The van der Waals surface area contributed by atoms with E-state index in [0.29, 0.717) is 0 Å². The van der Waals surface area contributed by atoms with Crippen molar-refractivity contribution < 1.29 is 4.74 Å². The normalized spacial score (nSPS) is 10.7. The number of unbranched alkanes of at least 4 members (excludes halogenated alkanes) is 1. The maximum absolute atomic E-state index is 5.62. The van der Waals surface area contributed by atoms with Gasteiger partial charge in [0.2, 0.25) is 0 Å². The fourth-order valence-electron chi connectivity index (χ4n) is 2.52. The molecule has 0 fully saturated rings. The second kappa shape index (κ2) is 10.5. The molecule has 0 radical (unpaired) electrons. The molecule has 0 aliphatic carbocycles. The van der Waals surface area contributed by atoms with Crippen LogP contribution in [-0.4, -0.2) is 26.7 Å². The predicted octanol–water partition coefficient (Wildman–Crippen LogP) is 4.21. The van der Waals surface area contributed by atoms with E-state index in [9.17, 15) is 0 Å². The Kier molecular flexibility index (Phi) is 8.91. The van der Waals surface area contributed by atoms with Crippen LogP contribution < -0.4 is 15.0 Å². The average Bonchev–Trinajstić information content (AvgIpc) is 2.51. The molecule has 1 rings (SSSR count). The van der Waals surface area contributed by atoms with Gasteiger partial charge in [0, 0.05) is 19.6 Å². The molecular weight excluding hydrogens is 260 g/mol. The van der Waals surface area contributed by atoms with Crippen LogP contribution >= 0.6 is 0 Å². The van der Waals surface area contributed by atoms with Gasteiger partial charge >= 0.3 is 0 Å². The van der Waals surface area contributed by atoms with Crippen LogP contribution in [0.15, 0.2) is 18.2 Å². The second-order valence-corrected chi connectivity index (χ2v) is 5.52. The summed E-state index contributed by atoms with van der Waals surface area (Å²) in [5.74, 6) is 0.992. The van der Waals surface area contributed by atoms with Crippen LogP contribution in [0.3, 0.4) is 0 Å². The van der Waals surface area contributed by atoms with Crippen LogP contribution in [-0.2, 0) is 6.54 Å². The Morgan fingerprint density at radius 2 is 1.76 bits per heavy atom. The zero-order chi connectivity index (χ0) is 15.5. The summed E-state index contributed by atoms with van der Waals surface area (Å²) in [6.07, 6.45) is 4.78. The molecule has 0 aliphatic rings. The molecule has 0 spiro atoms. The molecule has 0 bridgehead atoms. The predicted molar refractivity (Wildman–Crippen MR) is 92.4 cm³/mol. The molecule has 0 saturated heterocycles. The Labute approximate surface area is 130 Å². The Bertz CT molecular complexity index is 387. The minimum absolute atomic E-state index is 0.915. The van der Waals surface area contributed by atoms with Crippen LogP contribution in [0.25, 0.3) is 0 Å². The highest BCUT2D eigenvalue weighted by Crippen LogP contribution is 2.29. The monoisotopic (exact) mass is 292 g/mol. The minimum Gasteiger partial charge on any atom is -0.495 e. The Morgan fingerprint density at radius 1 is 1.05 bits per heavy atom. The van der Waals surface area contributed by atoms with Gasteiger partial charge in [0.15, 0.2) is 0 Å². The van der Waals surface area contributed by atoms with E-state index in [4.69, 9.17) is 4.74 Å². The van der Waals surface area contributed by atoms with Gasteiger partial charge < -0.3 is 15.0 Å². The van der Waals surface area contributed by atoms with Crippen LogP contribution in [0.2, 0.25) is 0 Å². The first-order valence-corrected chi connectivity index (χ1v) is 8.39. The molecule has 21 heavy (non-hydrogen) atoms. The van der Waals surface area contributed by atoms with Crippen LogP contribution in [0, 0.1) is 0 Å². The molecule has 0 aliphatic heterocycles. The summed E-state index contributed by atoms with van der Waals surface area (Å²) < 4.78 is 5.62. The van der Waals surface area contributed by atoms with Crippen molar-refractivity contribution in [1.82, 2.24) is 5.32 Å².